The van der Waals surface area contributed by atoms with Crippen molar-refractivity contribution in [3.63, 3.8) is 0 Å². The van der Waals surface area contributed by atoms with Gasteiger partial charge in [-0.2, -0.15) is 0 Å². The molecule has 2 heterocycles. The molecule has 1 aliphatic heterocycles. The summed E-state index contributed by atoms with van der Waals surface area (Å²) in [4.78, 5) is 27.4. The lowest BCUT2D eigenvalue weighted by atomic mass is 10.1. The van der Waals surface area contributed by atoms with Crippen molar-refractivity contribution in [1.82, 2.24) is 19.9 Å². The molecule has 0 aliphatic carbocycles. The molecule has 3 aromatic rings. The number of non-ortho nitro benzene ring substituents is 1. The number of aryl methyl sites for hydroxylation is 1. The van der Waals surface area contributed by atoms with Gasteiger partial charge in [-0.25, -0.2) is 9.07 Å². The van der Waals surface area contributed by atoms with E-state index in [1.54, 1.807) is 24.1 Å². The summed E-state index contributed by atoms with van der Waals surface area (Å²) in [6.07, 6.45) is 0. The zero-order valence-corrected chi connectivity index (χ0v) is 18.6. The molecule has 0 N–H and O–H groups in total. The van der Waals surface area contributed by atoms with E-state index < -0.39 is 10.7 Å². The third kappa shape index (κ3) is 4.19. The van der Waals surface area contributed by atoms with E-state index in [-0.39, 0.29) is 39.3 Å². The minimum atomic E-state index is -0.568. The molecule has 10 nitrogen and oxygen atoms in total. The molecule has 1 amide bonds. The second-order valence-corrected chi connectivity index (χ2v) is 7.81. The Hall–Kier alpha value is -3.73. The minimum absolute atomic E-state index is 0.0766. The van der Waals surface area contributed by atoms with Crippen molar-refractivity contribution < 1.29 is 18.8 Å². The summed E-state index contributed by atoms with van der Waals surface area (Å²) in [6, 6.07) is 8.68. The van der Waals surface area contributed by atoms with Crippen LogP contribution in [0.2, 0.25) is 5.02 Å². The number of nitro groups is 1. The average molecular weight is 475 g/mol. The van der Waals surface area contributed by atoms with E-state index in [4.69, 9.17) is 16.3 Å². The molecule has 0 bridgehead atoms. The quantitative estimate of drug-likeness (QED) is 0.413. The van der Waals surface area contributed by atoms with Crippen molar-refractivity contribution in [3.05, 3.63) is 63.0 Å². The summed E-state index contributed by atoms with van der Waals surface area (Å²) >= 11 is 6.25. The van der Waals surface area contributed by atoms with Gasteiger partial charge < -0.3 is 14.5 Å². The lowest BCUT2D eigenvalue weighted by Gasteiger charge is -2.36. The van der Waals surface area contributed by atoms with Crippen LogP contribution in [0.4, 0.5) is 15.8 Å². The molecular weight excluding hydrogens is 455 g/mol. The first-order valence-electron chi connectivity index (χ1n) is 10.0. The number of nitro benzene ring substituents is 1. The smallest absolute Gasteiger partial charge is 0.274 e. The number of halogens is 2. The molecule has 1 fully saturated rings. The minimum Gasteiger partial charge on any atom is -0.496 e. The van der Waals surface area contributed by atoms with Gasteiger partial charge in [-0.3, -0.25) is 14.9 Å². The van der Waals surface area contributed by atoms with Gasteiger partial charge in [0.05, 0.1) is 28.3 Å². The Balaban J connectivity index is 1.55. The molecular formula is C21H20ClFN6O4. The highest BCUT2D eigenvalue weighted by Gasteiger charge is 2.30. The predicted molar refractivity (Wildman–Crippen MR) is 119 cm³/mol. The zero-order chi connectivity index (χ0) is 23.7. The summed E-state index contributed by atoms with van der Waals surface area (Å²) in [5.74, 6) is -0.652. The molecule has 1 aliphatic rings. The van der Waals surface area contributed by atoms with Gasteiger partial charge in [0.1, 0.15) is 17.3 Å². The molecule has 0 radical (unpaired) electrons. The number of ether oxygens (including phenoxy) is 1. The fourth-order valence-electron chi connectivity index (χ4n) is 3.84. The maximum atomic E-state index is 14.6. The van der Waals surface area contributed by atoms with Crippen LogP contribution in [-0.2, 0) is 7.05 Å². The molecule has 1 saturated heterocycles. The van der Waals surface area contributed by atoms with Crippen LogP contribution < -0.4 is 9.64 Å². The van der Waals surface area contributed by atoms with Crippen molar-refractivity contribution in [3.8, 4) is 17.0 Å². The normalized spacial score (nSPS) is 13.8. The van der Waals surface area contributed by atoms with E-state index in [2.05, 4.69) is 10.3 Å². The monoisotopic (exact) mass is 474 g/mol. The third-order valence-electron chi connectivity index (χ3n) is 5.51. The van der Waals surface area contributed by atoms with Crippen molar-refractivity contribution in [2.24, 2.45) is 7.05 Å². The van der Waals surface area contributed by atoms with E-state index in [0.717, 1.165) is 0 Å². The largest absolute Gasteiger partial charge is 0.496 e. The lowest BCUT2D eigenvalue weighted by molar-refractivity contribution is -0.384. The first-order chi connectivity index (χ1) is 15.8. The van der Waals surface area contributed by atoms with Crippen molar-refractivity contribution in [1.29, 1.82) is 0 Å². The van der Waals surface area contributed by atoms with Crippen LogP contribution in [0.25, 0.3) is 11.3 Å². The molecule has 0 atom stereocenters. The van der Waals surface area contributed by atoms with Gasteiger partial charge in [0.25, 0.3) is 11.6 Å². The maximum absolute atomic E-state index is 14.6. The van der Waals surface area contributed by atoms with Gasteiger partial charge in [-0.05, 0) is 18.2 Å². The van der Waals surface area contributed by atoms with Gasteiger partial charge >= 0.3 is 0 Å². The van der Waals surface area contributed by atoms with Crippen LogP contribution in [-0.4, -0.2) is 64.0 Å². The Morgan fingerprint density at radius 2 is 1.94 bits per heavy atom. The fraction of sp³-hybridized carbons (Fsp3) is 0.286. The number of aromatic nitrogens is 3. The Labute approximate surface area is 193 Å². The van der Waals surface area contributed by atoms with E-state index in [9.17, 15) is 19.3 Å². The SMILES string of the molecule is COc1cccc(F)c1-c1nnn(C)c1C(=O)N1CCN(c2ccc([N+](=O)[O-])cc2Cl)CC1. The highest BCUT2D eigenvalue weighted by molar-refractivity contribution is 6.33. The van der Waals surface area contributed by atoms with Gasteiger partial charge in [0, 0.05) is 45.4 Å². The summed E-state index contributed by atoms with van der Waals surface area (Å²) in [6.45, 7) is 1.66. The number of benzene rings is 2. The van der Waals surface area contributed by atoms with E-state index >= 15 is 0 Å². The highest BCUT2D eigenvalue weighted by Crippen LogP contribution is 2.34. The number of hydrogen-bond acceptors (Lipinski definition) is 7. The third-order valence-corrected chi connectivity index (χ3v) is 5.81. The molecule has 172 valence electrons. The average Bonchev–Trinajstić information content (AvgIpc) is 3.19. The Bertz CT molecular complexity index is 1230. The molecule has 0 saturated carbocycles. The lowest BCUT2D eigenvalue weighted by Crippen LogP contribution is -2.49. The number of amides is 1. The van der Waals surface area contributed by atoms with Crippen LogP contribution in [0, 0.1) is 15.9 Å². The van der Waals surface area contributed by atoms with Crippen LogP contribution >= 0.6 is 11.6 Å². The van der Waals surface area contributed by atoms with Crippen molar-refractivity contribution in [2.45, 2.75) is 0 Å². The first-order valence-corrected chi connectivity index (χ1v) is 10.4. The number of carbonyl (C=O) groups is 1. The molecule has 0 unspecified atom stereocenters. The maximum Gasteiger partial charge on any atom is 0.274 e. The summed E-state index contributed by atoms with van der Waals surface area (Å²) in [7, 11) is 2.99. The molecule has 33 heavy (non-hydrogen) atoms. The van der Waals surface area contributed by atoms with E-state index in [1.165, 1.54) is 36.1 Å². The van der Waals surface area contributed by atoms with Crippen LogP contribution in [0.3, 0.4) is 0 Å². The second kappa shape index (κ2) is 9.02. The Kier molecular flexibility index (Phi) is 6.14. The van der Waals surface area contributed by atoms with Gasteiger partial charge in [-0.15, -0.1) is 5.10 Å². The number of nitrogens with zero attached hydrogens (tertiary/aromatic N) is 6. The topological polar surface area (TPSA) is 107 Å². The number of hydrogen-bond donors (Lipinski definition) is 0. The number of methoxy groups -OCH3 is 1. The molecule has 1 aromatic heterocycles. The Morgan fingerprint density at radius 1 is 1.21 bits per heavy atom. The van der Waals surface area contributed by atoms with Gasteiger partial charge in [-0.1, -0.05) is 22.9 Å². The molecule has 0 spiro atoms. The van der Waals surface area contributed by atoms with Crippen LogP contribution in [0.5, 0.6) is 5.75 Å². The number of rotatable bonds is 5. The van der Waals surface area contributed by atoms with Crippen molar-refractivity contribution in [2.75, 3.05) is 38.2 Å². The van der Waals surface area contributed by atoms with Crippen LogP contribution in [0.15, 0.2) is 36.4 Å². The molecule has 12 heteroatoms. The fourth-order valence-corrected chi connectivity index (χ4v) is 4.13. The highest BCUT2D eigenvalue weighted by atomic mass is 35.5. The number of anilines is 1. The first kappa shape index (κ1) is 22.5. The Morgan fingerprint density at radius 3 is 2.58 bits per heavy atom. The molecule has 4 rings (SSSR count). The molecule has 2 aromatic carbocycles. The predicted octanol–water partition coefficient (Wildman–Crippen LogP) is 3.15. The zero-order valence-electron chi connectivity index (χ0n) is 17.9. The summed E-state index contributed by atoms with van der Waals surface area (Å²) in [5, 5.41) is 19.2. The second-order valence-electron chi connectivity index (χ2n) is 7.40. The summed E-state index contributed by atoms with van der Waals surface area (Å²) in [5.41, 5.74) is 0.914. The standard InChI is InChI=1S/C21H20ClFN6O4/c1-26-20(19(24-25-26)18-15(23)4-3-5-17(18)33-2)21(30)28-10-8-27(9-11-28)16-7-6-13(29(31)32)12-14(16)22/h3-7,12H,8-11H2,1-2H3. The van der Waals surface area contributed by atoms with Gasteiger partial charge in [0.2, 0.25) is 0 Å². The van der Waals surface area contributed by atoms with Crippen molar-refractivity contribution >= 4 is 28.9 Å². The van der Waals surface area contributed by atoms with E-state index in [0.29, 0.717) is 31.9 Å². The van der Waals surface area contributed by atoms with Crippen LogP contribution in [0.1, 0.15) is 10.5 Å². The number of piperazine rings is 1. The van der Waals surface area contributed by atoms with E-state index in [1.807, 2.05) is 4.90 Å². The van der Waals surface area contributed by atoms with Gasteiger partial charge in [0.15, 0.2) is 5.69 Å². The summed E-state index contributed by atoms with van der Waals surface area (Å²) < 4.78 is 21.2. The number of carbonyl (C=O) groups excluding carboxylic acids is 1.